The number of benzene rings is 1. The molecule has 0 radical (unpaired) electrons. The zero-order chi connectivity index (χ0) is 17.4. The fourth-order valence-electron chi connectivity index (χ4n) is 2.55. The summed E-state index contributed by atoms with van der Waals surface area (Å²) in [7, 11) is -1.15. The molecule has 1 aromatic heterocycles. The van der Waals surface area contributed by atoms with Crippen LogP contribution in [-0.4, -0.2) is 32.5 Å². The van der Waals surface area contributed by atoms with Crippen molar-refractivity contribution in [1.29, 1.82) is 0 Å². The van der Waals surface area contributed by atoms with Crippen LogP contribution in [0.2, 0.25) is 0 Å². The molecule has 1 atom stereocenters. The summed E-state index contributed by atoms with van der Waals surface area (Å²) in [5.41, 5.74) is 0.534. The molecule has 3 rings (SSSR count). The zero-order valence-corrected chi connectivity index (χ0v) is 15.1. The van der Waals surface area contributed by atoms with Crippen molar-refractivity contribution in [2.24, 2.45) is 0 Å². The Morgan fingerprint density at radius 2 is 2.12 bits per heavy atom. The van der Waals surface area contributed by atoms with Gasteiger partial charge >= 0.3 is 5.97 Å². The predicted octanol–water partition coefficient (Wildman–Crippen LogP) is 3.12. The Kier molecular flexibility index (Phi) is 4.69. The molecule has 0 amide bonds. The molecule has 1 aromatic carbocycles. The minimum atomic E-state index is -1.30. The molecule has 1 heterocycles. The van der Waals surface area contributed by atoms with Crippen LogP contribution in [0.5, 0.6) is 0 Å². The van der Waals surface area contributed by atoms with Gasteiger partial charge in [0, 0.05) is 33.0 Å². The second-order valence-electron chi connectivity index (χ2n) is 5.66. The van der Waals surface area contributed by atoms with Crippen molar-refractivity contribution < 1.29 is 23.4 Å². The summed E-state index contributed by atoms with van der Waals surface area (Å²) in [5.74, 6) is -1.20. The van der Waals surface area contributed by atoms with Gasteiger partial charge in [-0.2, -0.15) is 0 Å². The third-order valence-electron chi connectivity index (χ3n) is 3.81. The van der Waals surface area contributed by atoms with Crippen LogP contribution in [0.25, 0.3) is 0 Å². The smallest absolute Gasteiger partial charge is 0.358 e. The minimum absolute atomic E-state index is 0.00577. The van der Waals surface area contributed by atoms with Crippen LogP contribution in [0.3, 0.4) is 0 Å². The van der Waals surface area contributed by atoms with Gasteiger partial charge in [0.2, 0.25) is 5.69 Å². The van der Waals surface area contributed by atoms with E-state index in [4.69, 9.17) is 4.52 Å². The lowest BCUT2D eigenvalue weighted by atomic mass is 9.96. The van der Waals surface area contributed by atoms with Crippen molar-refractivity contribution in [2.75, 3.05) is 6.26 Å². The number of carboxylic acid groups (broad SMARTS) is 1. The highest BCUT2D eigenvalue weighted by atomic mass is 79.9. The first-order valence-corrected chi connectivity index (χ1v) is 9.77. The number of carbonyl (C=O) groups is 2. The molecule has 1 saturated carbocycles. The molecule has 126 valence electrons. The largest absolute Gasteiger partial charge is 0.476 e. The topological polar surface area (TPSA) is 97.5 Å². The van der Waals surface area contributed by atoms with Gasteiger partial charge in [0.25, 0.3) is 0 Å². The van der Waals surface area contributed by atoms with Crippen molar-refractivity contribution in [3.05, 3.63) is 50.8 Å². The molecule has 6 nitrogen and oxygen atoms in total. The fourth-order valence-corrected chi connectivity index (χ4v) is 3.96. The SMILES string of the molecule is CS(=O)Cc1c(Br)cccc1C(=O)c1c(C(=O)O)noc1C1CC1. The maximum Gasteiger partial charge on any atom is 0.358 e. The van der Waals surface area contributed by atoms with Crippen LogP contribution >= 0.6 is 15.9 Å². The number of hydrogen-bond donors (Lipinski definition) is 1. The summed E-state index contributed by atoms with van der Waals surface area (Å²) in [6.07, 6.45) is 3.24. The van der Waals surface area contributed by atoms with Crippen LogP contribution < -0.4 is 0 Å². The maximum absolute atomic E-state index is 13.1. The molecule has 1 unspecified atom stereocenters. The van der Waals surface area contributed by atoms with E-state index in [0.717, 1.165) is 12.8 Å². The van der Waals surface area contributed by atoms with Crippen molar-refractivity contribution in [3.63, 3.8) is 0 Å². The van der Waals surface area contributed by atoms with E-state index in [1.165, 1.54) is 0 Å². The minimum Gasteiger partial charge on any atom is -0.476 e. The highest BCUT2D eigenvalue weighted by Gasteiger charge is 2.37. The number of ketones is 1. The molecule has 1 N–H and O–H groups in total. The van der Waals surface area contributed by atoms with Crippen molar-refractivity contribution in [3.8, 4) is 0 Å². The van der Waals surface area contributed by atoms with Crippen molar-refractivity contribution in [2.45, 2.75) is 24.5 Å². The fraction of sp³-hybridized carbons (Fsp3) is 0.312. The lowest BCUT2D eigenvalue weighted by Crippen LogP contribution is -2.13. The van der Waals surface area contributed by atoms with Crippen molar-refractivity contribution in [1.82, 2.24) is 5.16 Å². The van der Waals surface area contributed by atoms with E-state index >= 15 is 0 Å². The van der Waals surface area contributed by atoms with Crippen LogP contribution in [0, 0.1) is 0 Å². The summed E-state index contributed by atoms with van der Waals surface area (Å²) in [6.45, 7) is 0. The Bertz CT molecular complexity index is 856. The molecule has 2 aromatic rings. The summed E-state index contributed by atoms with van der Waals surface area (Å²) in [5, 5.41) is 12.9. The summed E-state index contributed by atoms with van der Waals surface area (Å²) in [6, 6.07) is 5.04. The van der Waals surface area contributed by atoms with E-state index < -0.39 is 22.6 Å². The van der Waals surface area contributed by atoms with E-state index in [1.807, 2.05) is 0 Å². The quantitative estimate of drug-likeness (QED) is 0.733. The van der Waals surface area contributed by atoms with Gasteiger partial charge < -0.3 is 9.63 Å². The molecular formula is C16H14BrNO5S. The standard InChI is InChI=1S/C16H14BrNO5S/c1-24(22)7-10-9(3-2-4-11(10)17)14(19)12-13(16(20)21)18-23-15(12)8-5-6-8/h2-4,8H,5-7H2,1H3,(H,20,21). The molecule has 24 heavy (non-hydrogen) atoms. The average molecular weight is 412 g/mol. The predicted molar refractivity (Wildman–Crippen MR) is 90.8 cm³/mol. The maximum atomic E-state index is 13.1. The van der Waals surface area contributed by atoms with Gasteiger partial charge in [0.1, 0.15) is 5.56 Å². The zero-order valence-electron chi connectivity index (χ0n) is 12.7. The number of carbonyl (C=O) groups excluding carboxylic acids is 1. The first-order valence-electron chi connectivity index (χ1n) is 7.25. The molecular weight excluding hydrogens is 398 g/mol. The Morgan fingerprint density at radius 1 is 1.42 bits per heavy atom. The van der Waals surface area contributed by atoms with E-state index in [2.05, 4.69) is 21.1 Å². The first-order chi connectivity index (χ1) is 11.4. The highest BCUT2D eigenvalue weighted by molar-refractivity contribution is 9.10. The molecule has 0 spiro atoms. The van der Waals surface area contributed by atoms with Gasteiger partial charge in [-0.25, -0.2) is 4.79 Å². The van der Waals surface area contributed by atoms with Crippen LogP contribution in [-0.2, 0) is 16.6 Å². The van der Waals surface area contributed by atoms with Gasteiger partial charge in [-0.15, -0.1) is 0 Å². The summed E-state index contributed by atoms with van der Waals surface area (Å²) < 4.78 is 17.4. The van der Waals surface area contributed by atoms with E-state index in [9.17, 15) is 18.9 Å². The van der Waals surface area contributed by atoms with Crippen LogP contribution in [0.1, 0.15) is 56.5 Å². The Morgan fingerprint density at radius 3 is 2.71 bits per heavy atom. The monoisotopic (exact) mass is 411 g/mol. The van der Waals surface area contributed by atoms with Gasteiger partial charge in [0.15, 0.2) is 11.5 Å². The Labute approximate surface area is 148 Å². The van der Waals surface area contributed by atoms with Gasteiger partial charge in [-0.05, 0) is 24.5 Å². The third-order valence-corrected chi connectivity index (χ3v) is 5.25. The average Bonchev–Trinajstić information content (AvgIpc) is 3.26. The third kappa shape index (κ3) is 3.21. The van der Waals surface area contributed by atoms with Crippen molar-refractivity contribution >= 4 is 38.5 Å². The number of aromatic carboxylic acids is 1. The Hall–Kier alpha value is -1.80. The summed E-state index contributed by atoms with van der Waals surface area (Å²) >= 11 is 3.37. The molecule has 8 heteroatoms. The number of rotatable bonds is 6. The molecule has 0 aliphatic heterocycles. The molecule has 1 aliphatic carbocycles. The second-order valence-corrected chi connectivity index (χ2v) is 7.95. The molecule has 1 fully saturated rings. The lowest BCUT2D eigenvalue weighted by molar-refractivity contribution is 0.0682. The molecule has 0 bridgehead atoms. The van der Waals surface area contributed by atoms with Gasteiger partial charge in [-0.3, -0.25) is 9.00 Å². The van der Waals surface area contributed by atoms with Crippen LogP contribution in [0.15, 0.2) is 27.2 Å². The van der Waals surface area contributed by atoms with Gasteiger partial charge in [0.05, 0.1) is 5.75 Å². The van der Waals surface area contributed by atoms with Crippen LogP contribution in [0.4, 0.5) is 0 Å². The number of nitrogens with zero attached hydrogens (tertiary/aromatic N) is 1. The van der Waals surface area contributed by atoms with E-state index in [-0.39, 0.29) is 22.9 Å². The first kappa shape index (κ1) is 17.0. The van der Waals surface area contributed by atoms with Gasteiger partial charge in [-0.1, -0.05) is 33.2 Å². The highest BCUT2D eigenvalue weighted by Crippen LogP contribution is 2.43. The van der Waals surface area contributed by atoms with E-state index in [0.29, 0.717) is 21.4 Å². The Balaban J connectivity index is 2.14. The lowest BCUT2D eigenvalue weighted by Gasteiger charge is -2.10. The molecule has 1 aliphatic rings. The number of carboxylic acids is 1. The molecule has 0 saturated heterocycles. The summed E-state index contributed by atoms with van der Waals surface area (Å²) in [4.78, 5) is 24.5. The van der Waals surface area contributed by atoms with E-state index in [1.54, 1.807) is 24.5 Å². The second kappa shape index (κ2) is 6.60. The number of aromatic nitrogens is 1. The normalized spacial score (nSPS) is 15.2. The number of hydrogen-bond acceptors (Lipinski definition) is 5. The number of halogens is 1.